The molecular weight excluding hydrogens is 266 g/mol. The number of carboxylic acid groups (broad SMARTS) is 1. The van der Waals surface area contributed by atoms with Gasteiger partial charge in [0.1, 0.15) is 0 Å². The fraction of sp³-hybridized carbons (Fsp3) is 0. The van der Waals surface area contributed by atoms with Gasteiger partial charge in [-0.05, 0) is 12.1 Å². The summed E-state index contributed by atoms with van der Waals surface area (Å²) in [6, 6.07) is 3.52. The van der Waals surface area contributed by atoms with Crippen molar-refractivity contribution in [2.45, 2.75) is 0 Å². The van der Waals surface area contributed by atoms with E-state index in [0.29, 0.717) is 10.7 Å². The van der Waals surface area contributed by atoms with E-state index in [9.17, 15) is 9.59 Å². The molecule has 3 heterocycles. The first-order valence-corrected chi connectivity index (χ1v) is 6.13. The molecule has 7 heteroatoms. The van der Waals surface area contributed by atoms with Gasteiger partial charge in [-0.3, -0.25) is 4.79 Å². The van der Waals surface area contributed by atoms with Crippen LogP contribution in [0.4, 0.5) is 0 Å². The number of aldehydes is 1. The highest BCUT2D eigenvalue weighted by Gasteiger charge is 2.12. The van der Waals surface area contributed by atoms with Crippen molar-refractivity contribution in [3.05, 3.63) is 41.2 Å². The Balaban J connectivity index is 2.20. The summed E-state index contributed by atoms with van der Waals surface area (Å²) in [6.45, 7) is 0. The van der Waals surface area contributed by atoms with Gasteiger partial charge in [0.05, 0.1) is 16.6 Å². The van der Waals surface area contributed by atoms with Crippen molar-refractivity contribution in [3.63, 3.8) is 0 Å². The van der Waals surface area contributed by atoms with Gasteiger partial charge in [-0.2, -0.15) is 5.10 Å². The Bertz CT molecular complexity index is 790. The third-order valence-corrected chi connectivity index (χ3v) is 3.63. The molecule has 0 bridgehead atoms. The van der Waals surface area contributed by atoms with Crippen LogP contribution < -0.4 is 0 Å². The summed E-state index contributed by atoms with van der Waals surface area (Å²) in [5.74, 6) is -0.535. The first-order chi connectivity index (χ1) is 9.19. The highest BCUT2D eigenvalue weighted by molar-refractivity contribution is 7.20. The summed E-state index contributed by atoms with van der Waals surface area (Å²) in [7, 11) is 0. The van der Waals surface area contributed by atoms with Gasteiger partial charge < -0.3 is 5.11 Å². The van der Waals surface area contributed by atoms with Crippen molar-refractivity contribution in [2.75, 3.05) is 0 Å². The summed E-state index contributed by atoms with van der Waals surface area (Å²) in [4.78, 5) is 26.4. The zero-order valence-corrected chi connectivity index (χ0v) is 10.3. The lowest BCUT2D eigenvalue weighted by molar-refractivity contribution is 0.0696. The van der Waals surface area contributed by atoms with Crippen LogP contribution in [0.2, 0.25) is 0 Å². The van der Waals surface area contributed by atoms with E-state index in [1.54, 1.807) is 18.3 Å². The van der Waals surface area contributed by atoms with Gasteiger partial charge in [0.15, 0.2) is 12.1 Å². The van der Waals surface area contributed by atoms with Crippen molar-refractivity contribution in [2.24, 2.45) is 0 Å². The third-order valence-electron chi connectivity index (χ3n) is 2.61. The Labute approximate surface area is 110 Å². The molecule has 1 N–H and O–H groups in total. The van der Waals surface area contributed by atoms with Crippen LogP contribution in [0.5, 0.6) is 0 Å². The number of pyridine rings is 1. The molecule has 19 heavy (non-hydrogen) atoms. The van der Waals surface area contributed by atoms with Crippen LogP contribution in [0.1, 0.15) is 20.0 Å². The van der Waals surface area contributed by atoms with Crippen LogP contribution in [-0.4, -0.2) is 32.1 Å². The molecular formula is C12H7N3O3S. The van der Waals surface area contributed by atoms with Gasteiger partial charge >= 0.3 is 5.97 Å². The molecule has 0 aromatic carbocycles. The molecule has 3 aromatic rings. The van der Waals surface area contributed by atoms with E-state index >= 15 is 0 Å². The summed E-state index contributed by atoms with van der Waals surface area (Å²) in [5.41, 5.74) is 0.0876. The molecule has 0 spiro atoms. The number of hydrogen-bond donors (Lipinski definition) is 1. The van der Waals surface area contributed by atoms with Crippen LogP contribution in [0.3, 0.4) is 0 Å². The van der Waals surface area contributed by atoms with Gasteiger partial charge in [0.25, 0.3) is 0 Å². The van der Waals surface area contributed by atoms with Crippen LogP contribution >= 0.6 is 11.3 Å². The van der Waals surface area contributed by atoms with Gasteiger partial charge in [-0.1, -0.05) is 0 Å². The minimum Gasteiger partial charge on any atom is -0.478 e. The molecule has 3 rings (SSSR count). The second-order valence-corrected chi connectivity index (χ2v) is 4.91. The number of rotatable bonds is 3. The maximum Gasteiger partial charge on any atom is 0.338 e. The molecule has 0 aliphatic carbocycles. The molecule has 0 unspecified atom stereocenters. The van der Waals surface area contributed by atoms with Crippen LogP contribution in [0, 0.1) is 0 Å². The number of aromatic carboxylic acids is 1. The van der Waals surface area contributed by atoms with Gasteiger partial charge in [-0.25, -0.2) is 14.5 Å². The first kappa shape index (κ1) is 11.5. The highest BCUT2D eigenvalue weighted by Crippen LogP contribution is 2.27. The molecule has 0 radical (unpaired) electrons. The monoisotopic (exact) mass is 273 g/mol. The van der Waals surface area contributed by atoms with E-state index in [4.69, 9.17) is 5.11 Å². The fourth-order valence-corrected chi connectivity index (χ4v) is 2.63. The molecule has 0 aliphatic rings. The van der Waals surface area contributed by atoms with Gasteiger partial charge in [0.2, 0.25) is 0 Å². The lowest BCUT2D eigenvalue weighted by Crippen LogP contribution is -1.98. The molecule has 0 amide bonds. The van der Waals surface area contributed by atoms with E-state index in [0.717, 1.165) is 16.4 Å². The second-order valence-electron chi connectivity index (χ2n) is 3.79. The Morgan fingerprint density at radius 2 is 2.32 bits per heavy atom. The number of thiophene rings is 1. The largest absolute Gasteiger partial charge is 0.478 e. The molecule has 0 atom stereocenters. The van der Waals surface area contributed by atoms with Crippen molar-refractivity contribution >= 4 is 33.7 Å². The lowest BCUT2D eigenvalue weighted by Gasteiger charge is -2.00. The molecule has 0 saturated carbocycles. The Kier molecular flexibility index (Phi) is 2.60. The summed E-state index contributed by atoms with van der Waals surface area (Å²) >= 11 is 1.35. The minimum absolute atomic E-state index is 0.0876. The number of carboxylic acids is 1. The van der Waals surface area contributed by atoms with E-state index in [1.165, 1.54) is 28.4 Å². The van der Waals surface area contributed by atoms with E-state index in [-0.39, 0.29) is 5.56 Å². The average molecular weight is 273 g/mol. The zero-order chi connectivity index (χ0) is 13.4. The maximum atomic E-state index is 10.8. The van der Waals surface area contributed by atoms with E-state index in [2.05, 4.69) is 10.1 Å². The van der Waals surface area contributed by atoms with Gasteiger partial charge in [0, 0.05) is 22.5 Å². The quantitative estimate of drug-likeness (QED) is 0.738. The number of fused-ring (bicyclic) bond motifs is 1. The Hall–Kier alpha value is -2.54. The van der Waals surface area contributed by atoms with Crippen LogP contribution in [0.15, 0.2) is 30.7 Å². The normalized spacial score (nSPS) is 10.7. The highest BCUT2D eigenvalue weighted by atomic mass is 32.1. The molecule has 0 saturated heterocycles. The molecule has 94 valence electrons. The Morgan fingerprint density at radius 3 is 3.00 bits per heavy atom. The van der Waals surface area contributed by atoms with Gasteiger partial charge in [-0.15, -0.1) is 11.3 Å². The maximum absolute atomic E-state index is 10.8. The predicted molar refractivity (Wildman–Crippen MR) is 69.1 cm³/mol. The Morgan fingerprint density at radius 1 is 1.47 bits per heavy atom. The summed E-state index contributed by atoms with van der Waals surface area (Å²) < 4.78 is 2.30. The SMILES string of the molecule is O=Cc1cc2c(-n3cc(C(=O)O)cn3)nccc2s1. The summed E-state index contributed by atoms with van der Waals surface area (Å²) in [6.07, 6.45) is 5.03. The second kappa shape index (κ2) is 4.29. The third kappa shape index (κ3) is 1.89. The smallest absolute Gasteiger partial charge is 0.338 e. The number of carbonyl (C=O) groups is 2. The van der Waals surface area contributed by atoms with Crippen molar-refractivity contribution in [1.82, 2.24) is 14.8 Å². The van der Waals surface area contributed by atoms with E-state index < -0.39 is 5.97 Å². The molecule has 0 aliphatic heterocycles. The number of aromatic nitrogens is 3. The average Bonchev–Trinajstić information content (AvgIpc) is 3.04. The molecule has 6 nitrogen and oxygen atoms in total. The lowest BCUT2D eigenvalue weighted by atomic mass is 10.3. The van der Waals surface area contributed by atoms with Crippen LogP contribution in [-0.2, 0) is 0 Å². The first-order valence-electron chi connectivity index (χ1n) is 5.31. The molecule has 3 aromatic heterocycles. The summed E-state index contributed by atoms with van der Waals surface area (Å²) in [5, 5.41) is 13.6. The zero-order valence-electron chi connectivity index (χ0n) is 9.48. The molecule has 0 fully saturated rings. The number of nitrogens with zero attached hydrogens (tertiary/aromatic N) is 3. The number of hydrogen-bond acceptors (Lipinski definition) is 5. The van der Waals surface area contributed by atoms with Crippen molar-refractivity contribution in [3.8, 4) is 5.82 Å². The minimum atomic E-state index is -1.04. The van der Waals surface area contributed by atoms with Crippen LogP contribution in [0.25, 0.3) is 15.9 Å². The number of carbonyl (C=O) groups excluding carboxylic acids is 1. The van der Waals surface area contributed by atoms with E-state index in [1.807, 2.05) is 0 Å². The topological polar surface area (TPSA) is 85.1 Å². The predicted octanol–water partition coefficient (Wildman–Crippen LogP) is 1.99. The van der Waals surface area contributed by atoms with Crippen molar-refractivity contribution < 1.29 is 14.7 Å². The van der Waals surface area contributed by atoms with Crippen molar-refractivity contribution in [1.29, 1.82) is 0 Å². The fourth-order valence-electron chi connectivity index (χ4n) is 1.76. The standard InChI is InChI=1S/C12H7N3O3S/c16-6-8-3-9-10(19-8)1-2-13-11(9)15-5-7(4-14-15)12(17)18/h1-6H,(H,17,18).